The van der Waals surface area contributed by atoms with Crippen LogP contribution in [0.3, 0.4) is 0 Å². The molecule has 1 atom stereocenters. The SMILES string of the molecule is CCC1(NC)CCN(C(C)C)C1. The molecule has 1 aliphatic rings. The van der Waals surface area contributed by atoms with Gasteiger partial charge in [-0.15, -0.1) is 0 Å². The highest BCUT2D eigenvalue weighted by Crippen LogP contribution is 2.25. The lowest BCUT2D eigenvalue weighted by atomic mass is 9.96. The van der Waals surface area contributed by atoms with Crippen molar-refractivity contribution < 1.29 is 0 Å². The Hall–Kier alpha value is -0.0800. The first-order valence-electron chi connectivity index (χ1n) is 5.06. The fourth-order valence-corrected chi connectivity index (χ4v) is 2.01. The van der Waals surface area contributed by atoms with Crippen LogP contribution in [0, 0.1) is 0 Å². The third-order valence-electron chi connectivity index (χ3n) is 3.32. The summed E-state index contributed by atoms with van der Waals surface area (Å²) in [6.45, 7) is 9.31. The maximum atomic E-state index is 3.47. The Morgan fingerprint density at radius 2 is 2.17 bits per heavy atom. The number of hydrogen-bond donors (Lipinski definition) is 1. The van der Waals surface area contributed by atoms with Gasteiger partial charge in [-0.05, 0) is 33.7 Å². The first kappa shape index (κ1) is 10.0. The Bertz CT molecular complexity index is 139. The summed E-state index contributed by atoms with van der Waals surface area (Å²) >= 11 is 0. The number of likely N-dealkylation sites (N-methyl/N-ethyl adjacent to an activating group) is 1. The van der Waals surface area contributed by atoms with E-state index >= 15 is 0 Å². The smallest absolute Gasteiger partial charge is 0.0315 e. The monoisotopic (exact) mass is 170 g/mol. The van der Waals surface area contributed by atoms with E-state index in [0.29, 0.717) is 11.6 Å². The van der Waals surface area contributed by atoms with Gasteiger partial charge in [-0.3, -0.25) is 4.90 Å². The zero-order chi connectivity index (χ0) is 9.19. The molecule has 12 heavy (non-hydrogen) atoms. The number of nitrogens with zero attached hydrogens (tertiary/aromatic N) is 1. The Morgan fingerprint density at radius 1 is 1.50 bits per heavy atom. The Morgan fingerprint density at radius 3 is 2.42 bits per heavy atom. The lowest BCUT2D eigenvalue weighted by molar-refractivity contribution is 0.241. The van der Waals surface area contributed by atoms with E-state index in [-0.39, 0.29) is 0 Å². The number of hydrogen-bond acceptors (Lipinski definition) is 2. The molecule has 0 bridgehead atoms. The van der Waals surface area contributed by atoms with Gasteiger partial charge in [0.25, 0.3) is 0 Å². The predicted octanol–water partition coefficient (Wildman–Crippen LogP) is 1.47. The van der Waals surface area contributed by atoms with Gasteiger partial charge in [-0.1, -0.05) is 6.92 Å². The first-order valence-corrected chi connectivity index (χ1v) is 5.06. The average molecular weight is 170 g/mol. The topological polar surface area (TPSA) is 15.3 Å². The highest BCUT2D eigenvalue weighted by Gasteiger charge is 2.35. The van der Waals surface area contributed by atoms with E-state index in [1.165, 1.54) is 25.9 Å². The fraction of sp³-hybridized carbons (Fsp3) is 1.00. The molecule has 72 valence electrons. The van der Waals surface area contributed by atoms with Gasteiger partial charge in [-0.2, -0.15) is 0 Å². The van der Waals surface area contributed by atoms with Crippen LogP contribution in [0.4, 0.5) is 0 Å². The van der Waals surface area contributed by atoms with Crippen LogP contribution in [0.15, 0.2) is 0 Å². The predicted molar refractivity (Wildman–Crippen MR) is 53.4 cm³/mol. The van der Waals surface area contributed by atoms with E-state index in [9.17, 15) is 0 Å². The summed E-state index contributed by atoms with van der Waals surface area (Å²) in [4.78, 5) is 2.56. The third-order valence-corrected chi connectivity index (χ3v) is 3.32. The van der Waals surface area contributed by atoms with Crippen LogP contribution in [0.1, 0.15) is 33.6 Å². The van der Waals surface area contributed by atoms with Crippen LogP contribution < -0.4 is 5.32 Å². The van der Waals surface area contributed by atoms with Crippen molar-refractivity contribution in [1.29, 1.82) is 0 Å². The van der Waals surface area contributed by atoms with Gasteiger partial charge in [0.1, 0.15) is 0 Å². The molecular formula is C10H22N2. The van der Waals surface area contributed by atoms with Crippen LogP contribution in [-0.4, -0.2) is 36.6 Å². The van der Waals surface area contributed by atoms with Gasteiger partial charge in [0.05, 0.1) is 0 Å². The zero-order valence-electron chi connectivity index (χ0n) is 8.85. The number of likely N-dealkylation sites (tertiary alicyclic amines) is 1. The molecule has 1 saturated heterocycles. The van der Waals surface area contributed by atoms with Crippen LogP contribution in [0.2, 0.25) is 0 Å². The van der Waals surface area contributed by atoms with E-state index < -0.39 is 0 Å². The van der Waals surface area contributed by atoms with Crippen LogP contribution in [0.5, 0.6) is 0 Å². The second kappa shape index (κ2) is 3.75. The van der Waals surface area contributed by atoms with Crippen molar-refractivity contribution in [3.8, 4) is 0 Å². The molecule has 0 spiro atoms. The van der Waals surface area contributed by atoms with Crippen molar-refractivity contribution in [2.24, 2.45) is 0 Å². The molecule has 0 radical (unpaired) electrons. The summed E-state index contributed by atoms with van der Waals surface area (Å²) in [6.07, 6.45) is 2.55. The summed E-state index contributed by atoms with van der Waals surface area (Å²) in [5.74, 6) is 0. The highest BCUT2D eigenvalue weighted by atomic mass is 15.2. The van der Waals surface area contributed by atoms with E-state index in [2.05, 4.69) is 38.0 Å². The Kier molecular flexibility index (Phi) is 3.13. The van der Waals surface area contributed by atoms with Crippen LogP contribution >= 0.6 is 0 Å². The normalized spacial score (nSPS) is 31.8. The molecule has 0 amide bonds. The first-order chi connectivity index (χ1) is 5.63. The molecule has 1 aliphatic heterocycles. The van der Waals surface area contributed by atoms with E-state index in [1.807, 2.05) is 0 Å². The molecular weight excluding hydrogens is 148 g/mol. The van der Waals surface area contributed by atoms with Crippen molar-refractivity contribution in [3.63, 3.8) is 0 Å². The number of nitrogens with one attached hydrogen (secondary N) is 1. The van der Waals surface area contributed by atoms with E-state index in [1.54, 1.807) is 0 Å². The largest absolute Gasteiger partial charge is 0.313 e. The van der Waals surface area contributed by atoms with Gasteiger partial charge in [0.2, 0.25) is 0 Å². The fourth-order valence-electron chi connectivity index (χ4n) is 2.01. The van der Waals surface area contributed by atoms with Crippen molar-refractivity contribution in [2.75, 3.05) is 20.1 Å². The quantitative estimate of drug-likeness (QED) is 0.690. The lowest BCUT2D eigenvalue weighted by Gasteiger charge is -2.29. The summed E-state index contributed by atoms with van der Waals surface area (Å²) in [7, 11) is 2.09. The number of rotatable bonds is 3. The summed E-state index contributed by atoms with van der Waals surface area (Å²) < 4.78 is 0. The molecule has 2 nitrogen and oxygen atoms in total. The van der Waals surface area contributed by atoms with Crippen molar-refractivity contribution in [2.45, 2.75) is 45.2 Å². The third kappa shape index (κ3) is 1.80. The van der Waals surface area contributed by atoms with Gasteiger partial charge in [0.15, 0.2) is 0 Å². The molecule has 0 saturated carbocycles. The minimum atomic E-state index is 0.407. The van der Waals surface area contributed by atoms with Gasteiger partial charge < -0.3 is 5.32 Å². The molecule has 1 unspecified atom stereocenters. The molecule has 0 aromatic heterocycles. The molecule has 0 aromatic rings. The average Bonchev–Trinajstić information content (AvgIpc) is 2.49. The summed E-state index contributed by atoms with van der Waals surface area (Å²) in [5, 5.41) is 3.47. The summed E-state index contributed by atoms with van der Waals surface area (Å²) in [6, 6.07) is 0.701. The zero-order valence-corrected chi connectivity index (χ0v) is 8.85. The molecule has 1 heterocycles. The standard InChI is InChI=1S/C10H22N2/c1-5-10(11-4)6-7-12(8-10)9(2)3/h9,11H,5-8H2,1-4H3. The minimum Gasteiger partial charge on any atom is -0.313 e. The Balaban J connectivity index is 2.52. The summed E-state index contributed by atoms with van der Waals surface area (Å²) in [5.41, 5.74) is 0.407. The maximum Gasteiger partial charge on any atom is 0.0315 e. The van der Waals surface area contributed by atoms with Crippen LogP contribution in [0.25, 0.3) is 0 Å². The second-order valence-electron chi connectivity index (χ2n) is 4.20. The lowest BCUT2D eigenvalue weighted by Crippen LogP contribution is -2.45. The maximum absolute atomic E-state index is 3.47. The molecule has 0 aliphatic carbocycles. The van der Waals surface area contributed by atoms with Gasteiger partial charge in [0, 0.05) is 24.7 Å². The van der Waals surface area contributed by atoms with Crippen molar-refractivity contribution in [3.05, 3.63) is 0 Å². The van der Waals surface area contributed by atoms with Gasteiger partial charge in [-0.25, -0.2) is 0 Å². The van der Waals surface area contributed by atoms with E-state index in [4.69, 9.17) is 0 Å². The second-order valence-corrected chi connectivity index (χ2v) is 4.20. The van der Waals surface area contributed by atoms with Gasteiger partial charge >= 0.3 is 0 Å². The Labute approximate surface area is 76.3 Å². The molecule has 2 heteroatoms. The van der Waals surface area contributed by atoms with E-state index in [0.717, 1.165) is 0 Å². The molecule has 0 aromatic carbocycles. The molecule has 1 rings (SSSR count). The highest BCUT2D eigenvalue weighted by molar-refractivity contribution is 4.95. The van der Waals surface area contributed by atoms with Crippen LogP contribution in [-0.2, 0) is 0 Å². The molecule has 1 fully saturated rings. The molecule has 1 N–H and O–H groups in total. The van der Waals surface area contributed by atoms with Crippen molar-refractivity contribution in [1.82, 2.24) is 10.2 Å². The van der Waals surface area contributed by atoms with Crippen molar-refractivity contribution >= 4 is 0 Å². The minimum absolute atomic E-state index is 0.407.